The summed E-state index contributed by atoms with van der Waals surface area (Å²) in [7, 11) is 0. The van der Waals surface area contributed by atoms with E-state index < -0.39 is 23.0 Å². The molecule has 6 nitrogen and oxygen atoms in total. The van der Waals surface area contributed by atoms with Gasteiger partial charge in [0.05, 0.1) is 11.9 Å². The SMILES string of the molecule is O=C1C[C@@]2(C(=O)Nc3cc(F)ccc32)c2cnn(-c3cccc(F)c3)c2N1. The van der Waals surface area contributed by atoms with Crippen molar-refractivity contribution in [1.29, 1.82) is 0 Å². The number of amides is 2. The van der Waals surface area contributed by atoms with Gasteiger partial charge in [-0.2, -0.15) is 5.10 Å². The van der Waals surface area contributed by atoms with E-state index in [1.54, 1.807) is 6.07 Å². The van der Waals surface area contributed by atoms with Gasteiger partial charge in [-0.05, 0) is 35.9 Å². The summed E-state index contributed by atoms with van der Waals surface area (Å²) in [5, 5.41) is 9.66. The molecule has 3 aromatic rings. The van der Waals surface area contributed by atoms with Crippen LogP contribution in [0.5, 0.6) is 0 Å². The third-order valence-corrected chi connectivity index (χ3v) is 5.04. The predicted molar refractivity (Wildman–Crippen MR) is 92.6 cm³/mol. The van der Waals surface area contributed by atoms with Crippen LogP contribution in [0.25, 0.3) is 5.69 Å². The van der Waals surface area contributed by atoms with Crippen LogP contribution in [-0.2, 0) is 15.0 Å². The first-order chi connectivity index (χ1) is 13.0. The van der Waals surface area contributed by atoms with Gasteiger partial charge in [-0.15, -0.1) is 0 Å². The Hall–Kier alpha value is -3.55. The molecule has 0 aliphatic carbocycles. The minimum atomic E-state index is -1.30. The molecule has 134 valence electrons. The summed E-state index contributed by atoms with van der Waals surface area (Å²) >= 11 is 0. The molecule has 1 atom stereocenters. The number of hydrogen-bond acceptors (Lipinski definition) is 3. The van der Waals surface area contributed by atoms with E-state index in [4.69, 9.17) is 0 Å². The number of rotatable bonds is 1. The van der Waals surface area contributed by atoms with Crippen LogP contribution in [0.15, 0.2) is 48.7 Å². The predicted octanol–water partition coefficient (Wildman–Crippen LogP) is 2.73. The first-order valence-electron chi connectivity index (χ1n) is 8.25. The highest BCUT2D eigenvalue weighted by Crippen LogP contribution is 2.50. The summed E-state index contributed by atoms with van der Waals surface area (Å²) in [6.45, 7) is 0. The fourth-order valence-corrected chi connectivity index (χ4v) is 3.88. The normalized spacial score (nSPS) is 20.2. The van der Waals surface area contributed by atoms with Crippen molar-refractivity contribution >= 4 is 23.3 Å². The van der Waals surface area contributed by atoms with E-state index in [9.17, 15) is 18.4 Å². The molecule has 2 amide bonds. The maximum Gasteiger partial charge on any atom is 0.240 e. The molecule has 0 radical (unpaired) electrons. The van der Waals surface area contributed by atoms with Crippen molar-refractivity contribution in [2.24, 2.45) is 0 Å². The van der Waals surface area contributed by atoms with Gasteiger partial charge < -0.3 is 10.6 Å². The fraction of sp³-hybridized carbons (Fsp3) is 0.105. The van der Waals surface area contributed by atoms with Gasteiger partial charge in [0, 0.05) is 17.7 Å². The molecular formula is C19H12F2N4O2. The van der Waals surface area contributed by atoms with Crippen LogP contribution in [0.3, 0.4) is 0 Å². The molecule has 27 heavy (non-hydrogen) atoms. The quantitative estimate of drug-likeness (QED) is 0.695. The molecule has 1 spiro atoms. The first kappa shape index (κ1) is 15.7. The van der Waals surface area contributed by atoms with Crippen molar-refractivity contribution in [1.82, 2.24) is 9.78 Å². The number of nitrogens with zero attached hydrogens (tertiary/aromatic N) is 2. The summed E-state index contributed by atoms with van der Waals surface area (Å²) in [5.41, 5.74) is 0.440. The molecule has 0 unspecified atom stereocenters. The number of anilines is 2. The van der Waals surface area contributed by atoms with Crippen LogP contribution in [0.4, 0.5) is 20.3 Å². The van der Waals surface area contributed by atoms with Gasteiger partial charge in [-0.25, -0.2) is 13.5 Å². The third-order valence-electron chi connectivity index (χ3n) is 5.04. The van der Waals surface area contributed by atoms with Crippen molar-refractivity contribution in [3.63, 3.8) is 0 Å². The van der Waals surface area contributed by atoms with E-state index in [1.165, 1.54) is 47.3 Å². The van der Waals surface area contributed by atoms with E-state index in [0.717, 1.165) is 0 Å². The standard InChI is InChI=1S/C19H12F2N4O2/c20-10-2-1-3-12(6-10)25-17-14(9-22-25)19(8-16(26)24-17)13-5-4-11(21)7-15(13)23-18(19)27/h1-7,9H,8H2,(H,23,27)(H,24,26)/t19-/m0/s1. The Balaban J connectivity index is 1.76. The maximum absolute atomic E-state index is 13.6. The van der Waals surface area contributed by atoms with Gasteiger partial charge in [0.15, 0.2) is 0 Å². The van der Waals surface area contributed by atoms with E-state index >= 15 is 0 Å². The molecule has 0 saturated carbocycles. The van der Waals surface area contributed by atoms with Crippen LogP contribution in [0, 0.1) is 11.6 Å². The minimum absolute atomic E-state index is 0.126. The number of hydrogen-bond donors (Lipinski definition) is 2. The lowest BCUT2D eigenvalue weighted by molar-refractivity contribution is -0.125. The van der Waals surface area contributed by atoms with Crippen molar-refractivity contribution in [2.45, 2.75) is 11.8 Å². The summed E-state index contributed by atoms with van der Waals surface area (Å²) in [5.74, 6) is -1.44. The Kier molecular flexibility index (Phi) is 3.04. The number of benzene rings is 2. The van der Waals surface area contributed by atoms with Crippen LogP contribution < -0.4 is 10.6 Å². The summed E-state index contributed by atoms with van der Waals surface area (Å²) < 4.78 is 28.6. The molecule has 0 fully saturated rings. The zero-order valence-corrected chi connectivity index (χ0v) is 13.8. The van der Waals surface area contributed by atoms with Gasteiger partial charge in [0.25, 0.3) is 0 Å². The van der Waals surface area contributed by atoms with Crippen LogP contribution >= 0.6 is 0 Å². The molecular weight excluding hydrogens is 354 g/mol. The number of halogens is 2. The second-order valence-electron chi connectivity index (χ2n) is 6.57. The molecule has 0 saturated heterocycles. The highest BCUT2D eigenvalue weighted by molar-refractivity contribution is 6.14. The molecule has 5 rings (SSSR count). The van der Waals surface area contributed by atoms with E-state index in [1.807, 2.05) is 0 Å². The smallest absolute Gasteiger partial charge is 0.240 e. The lowest BCUT2D eigenvalue weighted by atomic mass is 9.72. The van der Waals surface area contributed by atoms with Crippen molar-refractivity contribution < 1.29 is 18.4 Å². The molecule has 8 heteroatoms. The van der Waals surface area contributed by atoms with Gasteiger partial charge in [0.1, 0.15) is 22.9 Å². The largest absolute Gasteiger partial charge is 0.325 e. The minimum Gasteiger partial charge on any atom is -0.325 e. The van der Waals surface area contributed by atoms with Crippen LogP contribution in [-0.4, -0.2) is 21.6 Å². The Labute approximate surface area is 151 Å². The van der Waals surface area contributed by atoms with E-state index in [2.05, 4.69) is 15.7 Å². The van der Waals surface area contributed by atoms with Crippen molar-refractivity contribution in [2.75, 3.05) is 10.6 Å². The van der Waals surface area contributed by atoms with E-state index in [0.29, 0.717) is 28.3 Å². The molecule has 2 aromatic carbocycles. The second-order valence-corrected chi connectivity index (χ2v) is 6.57. The monoisotopic (exact) mass is 366 g/mol. The maximum atomic E-state index is 13.6. The zero-order valence-electron chi connectivity index (χ0n) is 13.8. The number of aromatic nitrogens is 2. The highest BCUT2D eigenvalue weighted by atomic mass is 19.1. The lowest BCUT2D eigenvalue weighted by Gasteiger charge is -2.31. The Morgan fingerprint density at radius 1 is 1.00 bits per heavy atom. The van der Waals surface area contributed by atoms with Gasteiger partial charge in [-0.3, -0.25) is 9.59 Å². The van der Waals surface area contributed by atoms with Crippen molar-refractivity contribution in [3.8, 4) is 5.69 Å². The number of carbonyl (C=O) groups excluding carboxylic acids is 2. The Bertz CT molecular complexity index is 1140. The second kappa shape index (κ2) is 5.23. The van der Waals surface area contributed by atoms with E-state index in [-0.39, 0.29) is 12.3 Å². The average molecular weight is 366 g/mol. The van der Waals surface area contributed by atoms with Gasteiger partial charge in [-0.1, -0.05) is 12.1 Å². The summed E-state index contributed by atoms with van der Waals surface area (Å²) in [6.07, 6.45) is 1.36. The topological polar surface area (TPSA) is 76.0 Å². The molecule has 2 aliphatic heterocycles. The van der Waals surface area contributed by atoms with Gasteiger partial charge >= 0.3 is 0 Å². The average Bonchev–Trinajstić information content (AvgIpc) is 3.15. The highest BCUT2D eigenvalue weighted by Gasteiger charge is 2.54. The van der Waals surface area contributed by atoms with Crippen LogP contribution in [0.1, 0.15) is 17.5 Å². The number of nitrogens with one attached hydrogen (secondary N) is 2. The summed E-state index contributed by atoms with van der Waals surface area (Å²) in [6, 6.07) is 9.73. The number of fused-ring (bicyclic) bond motifs is 4. The van der Waals surface area contributed by atoms with Crippen LogP contribution in [0.2, 0.25) is 0 Å². The molecule has 2 aliphatic rings. The lowest BCUT2D eigenvalue weighted by Crippen LogP contribution is -2.43. The molecule has 1 aromatic heterocycles. The number of carbonyl (C=O) groups is 2. The molecule has 2 N–H and O–H groups in total. The van der Waals surface area contributed by atoms with Gasteiger partial charge in [0.2, 0.25) is 11.8 Å². The Morgan fingerprint density at radius 2 is 1.81 bits per heavy atom. The fourth-order valence-electron chi connectivity index (χ4n) is 3.88. The molecule has 3 heterocycles. The molecule has 0 bridgehead atoms. The third kappa shape index (κ3) is 2.06. The zero-order chi connectivity index (χ0) is 18.8. The Morgan fingerprint density at radius 3 is 2.63 bits per heavy atom. The van der Waals surface area contributed by atoms with Crippen molar-refractivity contribution in [3.05, 3.63) is 71.4 Å². The first-order valence-corrected chi connectivity index (χ1v) is 8.25. The summed E-state index contributed by atoms with van der Waals surface area (Å²) in [4.78, 5) is 25.4.